The monoisotopic (exact) mass is 424 g/mol. The number of hydrogen-bond acceptors (Lipinski definition) is 3. The highest BCUT2D eigenvalue weighted by molar-refractivity contribution is 6.15. The molecule has 4 aromatic rings. The minimum atomic E-state index is -0.592. The third-order valence-electron chi connectivity index (χ3n) is 5.42. The van der Waals surface area contributed by atoms with Gasteiger partial charge in [-0.3, -0.25) is 19.3 Å². The Balaban J connectivity index is 1.72. The zero-order chi connectivity index (χ0) is 22.7. The molecule has 1 aromatic heterocycles. The molecule has 0 aliphatic carbocycles. The second-order valence-electron chi connectivity index (χ2n) is 7.94. The van der Waals surface area contributed by atoms with Crippen molar-refractivity contribution in [2.45, 2.75) is 26.4 Å². The molecule has 0 spiro atoms. The first kappa shape index (κ1) is 21.2. The minimum absolute atomic E-state index is 0.0225. The van der Waals surface area contributed by atoms with E-state index in [9.17, 15) is 14.4 Å². The lowest BCUT2D eigenvalue weighted by Gasteiger charge is -2.25. The van der Waals surface area contributed by atoms with E-state index in [-0.39, 0.29) is 5.56 Å². The first-order valence-corrected chi connectivity index (χ1v) is 10.6. The number of amides is 2. The van der Waals surface area contributed by atoms with Gasteiger partial charge in [0.15, 0.2) is 0 Å². The quantitative estimate of drug-likeness (QED) is 0.435. The molecule has 5 nitrogen and oxygen atoms in total. The second kappa shape index (κ2) is 9.02. The number of aromatic nitrogens is 1. The zero-order valence-electron chi connectivity index (χ0n) is 18.1. The van der Waals surface area contributed by atoms with E-state index in [0.29, 0.717) is 12.1 Å². The smallest absolute Gasteiger partial charge is 0.266 e. The molecule has 4 rings (SSSR count). The van der Waals surface area contributed by atoms with E-state index in [2.05, 4.69) is 0 Å². The van der Waals surface area contributed by atoms with Crippen molar-refractivity contribution in [2.24, 2.45) is 0 Å². The number of fused-ring (bicyclic) bond motifs is 1. The summed E-state index contributed by atoms with van der Waals surface area (Å²) in [5.74, 6) is -1.01. The van der Waals surface area contributed by atoms with Gasteiger partial charge in [-0.05, 0) is 48.4 Å². The number of nitrogens with zero attached hydrogens (tertiary/aromatic N) is 2. The van der Waals surface area contributed by atoms with Crippen LogP contribution in [0.1, 0.15) is 40.1 Å². The fourth-order valence-corrected chi connectivity index (χ4v) is 3.84. The molecule has 0 fully saturated rings. The van der Waals surface area contributed by atoms with Crippen molar-refractivity contribution < 1.29 is 9.59 Å². The predicted molar refractivity (Wildman–Crippen MR) is 126 cm³/mol. The standard InChI is InChI=1S/C27H24N2O3/c1-19(2)29(26(31)23-15-8-13-21-12-6-7-14-22(21)23)27(32)24-16-9-17-28(25(24)30)18-20-10-4-3-5-11-20/h3-17,19H,18H2,1-2H3. The van der Waals surface area contributed by atoms with Crippen LogP contribution in [0.5, 0.6) is 0 Å². The highest BCUT2D eigenvalue weighted by Crippen LogP contribution is 2.22. The van der Waals surface area contributed by atoms with Gasteiger partial charge in [-0.2, -0.15) is 0 Å². The maximum absolute atomic E-state index is 13.5. The maximum atomic E-state index is 13.5. The lowest BCUT2D eigenvalue weighted by atomic mass is 10.0. The van der Waals surface area contributed by atoms with E-state index in [1.807, 2.05) is 60.7 Å². The van der Waals surface area contributed by atoms with Crippen molar-refractivity contribution >= 4 is 22.6 Å². The molecule has 1 heterocycles. The molecule has 0 N–H and O–H groups in total. The molecule has 0 unspecified atom stereocenters. The van der Waals surface area contributed by atoms with Crippen molar-refractivity contribution in [3.05, 3.63) is 118 Å². The Hall–Kier alpha value is -3.99. The first-order chi connectivity index (χ1) is 15.5. The van der Waals surface area contributed by atoms with Crippen LogP contribution in [0.15, 0.2) is 95.9 Å². The molecule has 160 valence electrons. The van der Waals surface area contributed by atoms with Gasteiger partial charge in [-0.1, -0.05) is 66.7 Å². The summed E-state index contributed by atoms with van der Waals surface area (Å²) in [7, 11) is 0. The summed E-state index contributed by atoms with van der Waals surface area (Å²) in [5, 5.41) is 1.69. The van der Waals surface area contributed by atoms with Crippen molar-refractivity contribution in [3.8, 4) is 0 Å². The molecule has 2 amide bonds. The average molecular weight is 425 g/mol. The van der Waals surface area contributed by atoms with Gasteiger partial charge < -0.3 is 4.57 Å². The highest BCUT2D eigenvalue weighted by atomic mass is 16.2. The van der Waals surface area contributed by atoms with Crippen molar-refractivity contribution in [1.29, 1.82) is 0 Å². The van der Waals surface area contributed by atoms with Crippen LogP contribution in [0.3, 0.4) is 0 Å². The normalized spacial score (nSPS) is 11.0. The Bertz CT molecular complexity index is 1330. The molecule has 3 aromatic carbocycles. The average Bonchev–Trinajstić information content (AvgIpc) is 2.80. The van der Waals surface area contributed by atoms with E-state index in [0.717, 1.165) is 16.3 Å². The largest absolute Gasteiger partial charge is 0.310 e. The number of imide groups is 1. The van der Waals surface area contributed by atoms with E-state index in [4.69, 9.17) is 0 Å². The number of carbonyl (C=O) groups excluding carboxylic acids is 2. The zero-order valence-corrected chi connectivity index (χ0v) is 18.1. The maximum Gasteiger partial charge on any atom is 0.266 e. The SMILES string of the molecule is CC(C)N(C(=O)c1cccn(Cc2ccccc2)c1=O)C(=O)c1cccc2ccccc12. The molecule has 0 saturated carbocycles. The Labute approximate surface area is 186 Å². The van der Waals surface area contributed by atoms with Gasteiger partial charge >= 0.3 is 0 Å². The first-order valence-electron chi connectivity index (χ1n) is 10.6. The summed E-state index contributed by atoms with van der Waals surface area (Å²) in [6, 6.07) is 25.3. The van der Waals surface area contributed by atoms with Crippen LogP contribution in [0.25, 0.3) is 10.8 Å². The van der Waals surface area contributed by atoms with Crippen LogP contribution in [-0.4, -0.2) is 27.3 Å². The van der Waals surface area contributed by atoms with Crippen LogP contribution in [0, 0.1) is 0 Å². The van der Waals surface area contributed by atoms with Gasteiger partial charge in [-0.15, -0.1) is 0 Å². The topological polar surface area (TPSA) is 59.4 Å². The van der Waals surface area contributed by atoms with E-state index >= 15 is 0 Å². The number of carbonyl (C=O) groups is 2. The Morgan fingerprint density at radius 1 is 0.781 bits per heavy atom. The van der Waals surface area contributed by atoms with Gasteiger partial charge in [-0.25, -0.2) is 0 Å². The van der Waals surface area contributed by atoms with Gasteiger partial charge in [0, 0.05) is 17.8 Å². The Kier molecular flexibility index (Phi) is 5.99. The van der Waals surface area contributed by atoms with Crippen molar-refractivity contribution in [1.82, 2.24) is 9.47 Å². The molecule has 0 bridgehead atoms. The summed E-state index contributed by atoms with van der Waals surface area (Å²) in [4.78, 5) is 41.2. The van der Waals surface area contributed by atoms with E-state index in [1.54, 1.807) is 38.2 Å². The lowest BCUT2D eigenvalue weighted by molar-refractivity contribution is 0.0569. The van der Waals surface area contributed by atoms with E-state index in [1.165, 1.54) is 15.5 Å². The van der Waals surface area contributed by atoms with Gasteiger partial charge in [0.05, 0.1) is 6.54 Å². The molecule has 0 saturated heterocycles. The van der Waals surface area contributed by atoms with Gasteiger partial charge in [0.25, 0.3) is 17.4 Å². The number of hydrogen-bond donors (Lipinski definition) is 0. The molecule has 0 aliphatic heterocycles. The summed E-state index contributed by atoms with van der Waals surface area (Å²) in [5.41, 5.74) is 0.945. The number of pyridine rings is 1. The number of benzene rings is 3. The van der Waals surface area contributed by atoms with Gasteiger partial charge in [0.2, 0.25) is 0 Å². The Morgan fingerprint density at radius 2 is 1.41 bits per heavy atom. The van der Waals surface area contributed by atoms with Crippen LogP contribution in [-0.2, 0) is 6.54 Å². The van der Waals surface area contributed by atoms with Crippen molar-refractivity contribution in [2.75, 3.05) is 0 Å². The third-order valence-corrected chi connectivity index (χ3v) is 5.42. The van der Waals surface area contributed by atoms with Gasteiger partial charge in [0.1, 0.15) is 5.56 Å². The fourth-order valence-electron chi connectivity index (χ4n) is 3.84. The lowest BCUT2D eigenvalue weighted by Crippen LogP contribution is -2.44. The summed E-state index contributed by atoms with van der Waals surface area (Å²) in [6.07, 6.45) is 1.65. The van der Waals surface area contributed by atoms with Crippen molar-refractivity contribution in [3.63, 3.8) is 0 Å². The molecule has 5 heteroatoms. The fraction of sp³-hybridized carbons (Fsp3) is 0.148. The van der Waals surface area contributed by atoms with Crippen LogP contribution < -0.4 is 5.56 Å². The molecule has 0 radical (unpaired) electrons. The van der Waals surface area contributed by atoms with Crippen LogP contribution in [0.2, 0.25) is 0 Å². The molecule has 0 aliphatic rings. The van der Waals surface area contributed by atoms with E-state index < -0.39 is 23.4 Å². The molecule has 0 atom stereocenters. The van der Waals surface area contributed by atoms with Crippen LogP contribution in [0.4, 0.5) is 0 Å². The summed E-state index contributed by atoms with van der Waals surface area (Å²) >= 11 is 0. The molecular formula is C27H24N2O3. The summed E-state index contributed by atoms with van der Waals surface area (Å²) in [6.45, 7) is 3.89. The predicted octanol–water partition coefficient (Wildman–Crippen LogP) is 4.74. The Morgan fingerprint density at radius 3 is 2.16 bits per heavy atom. The third kappa shape index (κ3) is 4.10. The summed E-state index contributed by atoms with van der Waals surface area (Å²) < 4.78 is 1.49. The molecule has 32 heavy (non-hydrogen) atoms. The highest BCUT2D eigenvalue weighted by Gasteiger charge is 2.29. The minimum Gasteiger partial charge on any atom is -0.310 e. The number of rotatable bonds is 5. The second-order valence-corrected chi connectivity index (χ2v) is 7.94. The molecular weight excluding hydrogens is 400 g/mol. The van der Waals surface area contributed by atoms with Crippen LogP contribution >= 0.6 is 0 Å².